The summed E-state index contributed by atoms with van der Waals surface area (Å²) >= 11 is 0. The number of unbranched alkanes of at least 4 members (excludes halogenated alkanes) is 2. The summed E-state index contributed by atoms with van der Waals surface area (Å²) in [6.45, 7) is 9.13. The van der Waals surface area contributed by atoms with Crippen molar-refractivity contribution >= 4 is 29.0 Å². The second-order valence-corrected chi connectivity index (χ2v) is 13.9. The smallest absolute Gasteiger partial charge is 0.416 e. The van der Waals surface area contributed by atoms with Gasteiger partial charge in [0.15, 0.2) is 0 Å². The van der Waals surface area contributed by atoms with Crippen molar-refractivity contribution < 1.29 is 45.4 Å². The Hall–Kier alpha value is -5.06. The molecule has 11 heteroatoms. The molecule has 0 heterocycles. The van der Waals surface area contributed by atoms with Gasteiger partial charge in [0, 0.05) is 28.1 Å². The Bertz CT molecular complexity index is 1930. The molecule has 5 rings (SSSR count). The second-order valence-electron chi connectivity index (χ2n) is 13.9. The Balaban J connectivity index is 1.62. The summed E-state index contributed by atoms with van der Waals surface area (Å²) in [5.41, 5.74) is 2.04. The zero-order chi connectivity index (χ0) is 39.3. The molecule has 0 aromatic heterocycles. The number of ether oxygens (including phenoxy) is 2. The van der Waals surface area contributed by atoms with Gasteiger partial charge in [-0.2, -0.15) is 26.3 Å². The molecule has 0 saturated carbocycles. The monoisotopic (exact) mass is 751 g/mol. The highest BCUT2D eigenvalue weighted by atomic mass is 19.4. The SMILES string of the molecule is C=C(C)C(=O)OCCCCC1(CCCCOC(=O)C(C)C)c2ccccc2-c2ccc(N(c3cccc(C(F)(F)F)c3)c3cccc(C(F)(F)F)c3)cc21. The van der Waals surface area contributed by atoms with Gasteiger partial charge in [-0.05, 0) is 116 Å². The minimum Gasteiger partial charge on any atom is -0.465 e. The molecule has 1 aliphatic carbocycles. The van der Waals surface area contributed by atoms with E-state index >= 15 is 0 Å². The van der Waals surface area contributed by atoms with Gasteiger partial charge in [0.05, 0.1) is 30.3 Å². The van der Waals surface area contributed by atoms with Crippen LogP contribution >= 0.6 is 0 Å². The molecule has 1 unspecified atom stereocenters. The summed E-state index contributed by atoms with van der Waals surface area (Å²) in [5.74, 6) is -1.04. The molecule has 54 heavy (non-hydrogen) atoms. The van der Waals surface area contributed by atoms with Crippen LogP contribution < -0.4 is 4.90 Å². The molecule has 4 aromatic carbocycles. The first-order valence-corrected chi connectivity index (χ1v) is 17.9. The average molecular weight is 752 g/mol. The first-order valence-electron chi connectivity index (χ1n) is 17.9. The van der Waals surface area contributed by atoms with Gasteiger partial charge >= 0.3 is 24.3 Å². The molecule has 0 radical (unpaired) electrons. The Morgan fingerprint density at radius 3 is 1.72 bits per heavy atom. The number of benzene rings is 4. The van der Waals surface area contributed by atoms with Crippen molar-refractivity contribution in [2.75, 3.05) is 18.1 Å². The summed E-state index contributed by atoms with van der Waals surface area (Å²) < 4.78 is 94.7. The van der Waals surface area contributed by atoms with E-state index in [-0.39, 0.29) is 36.5 Å². The lowest BCUT2D eigenvalue weighted by atomic mass is 9.70. The quantitative estimate of drug-likeness (QED) is 0.0524. The van der Waals surface area contributed by atoms with E-state index in [2.05, 4.69) is 6.58 Å². The van der Waals surface area contributed by atoms with Gasteiger partial charge in [0.25, 0.3) is 0 Å². The fourth-order valence-corrected chi connectivity index (χ4v) is 7.02. The Kier molecular flexibility index (Phi) is 12.3. The van der Waals surface area contributed by atoms with Crippen LogP contribution in [0.3, 0.4) is 0 Å². The number of nitrogens with zero attached hydrogens (tertiary/aromatic N) is 1. The highest BCUT2D eigenvalue weighted by molar-refractivity contribution is 5.87. The molecule has 0 aliphatic heterocycles. The number of carbonyl (C=O) groups excluding carboxylic acids is 2. The van der Waals surface area contributed by atoms with Gasteiger partial charge in [-0.3, -0.25) is 4.79 Å². The topological polar surface area (TPSA) is 55.8 Å². The number of anilines is 3. The Labute approximate surface area is 311 Å². The van der Waals surface area contributed by atoms with Gasteiger partial charge in [-0.1, -0.05) is 62.9 Å². The van der Waals surface area contributed by atoms with Crippen molar-refractivity contribution in [3.05, 3.63) is 125 Å². The van der Waals surface area contributed by atoms with Gasteiger partial charge in [-0.25, -0.2) is 4.79 Å². The average Bonchev–Trinajstić information content (AvgIpc) is 3.39. The minimum atomic E-state index is -4.69. The molecular weight excluding hydrogens is 708 g/mol. The lowest BCUT2D eigenvalue weighted by Gasteiger charge is -2.34. The molecule has 0 saturated heterocycles. The number of alkyl halides is 6. The molecular formula is C43H43F6NO4. The molecule has 4 aromatic rings. The van der Waals surface area contributed by atoms with E-state index in [1.54, 1.807) is 26.8 Å². The van der Waals surface area contributed by atoms with Crippen LogP contribution in [0.4, 0.5) is 43.4 Å². The number of halogens is 6. The summed E-state index contributed by atoms with van der Waals surface area (Å²) in [4.78, 5) is 25.6. The maximum Gasteiger partial charge on any atom is 0.416 e. The number of esters is 2. The van der Waals surface area contributed by atoms with Gasteiger partial charge in [-0.15, -0.1) is 0 Å². The van der Waals surface area contributed by atoms with E-state index in [1.165, 1.54) is 29.2 Å². The summed E-state index contributed by atoms with van der Waals surface area (Å²) in [7, 11) is 0. The number of hydrogen-bond acceptors (Lipinski definition) is 5. The van der Waals surface area contributed by atoms with Crippen LogP contribution in [-0.2, 0) is 36.8 Å². The molecule has 0 amide bonds. The zero-order valence-electron chi connectivity index (χ0n) is 30.4. The predicted octanol–water partition coefficient (Wildman–Crippen LogP) is 12.1. The largest absolute Gasteiger partial charge is 0.465 e. The van der Waals surface area contributed by atoms with Crippen LogP contribution in [-0.4, -0.2) is 25.2 Å². The lowest BCUT2D eigenvalue weighted by Crippen LogP contribution is -2.26. The maximum atomic E-state index is 14.0. The summed E-state index contributed by atoms with van der Waals surface area (Å²) in [5, 5.41) is 0. The second kappa shape index (κ2) is 16.5. The van der Waals surface area contributed by atoms with Crippen LogP contribution in [0.25, 0.3) is 11.1 Å². The van der Waals surface area contributed by atoms with E-state index in [9.17, 15) is 35.9 Å². The standard InChI is InChI=1S/C43H43F6NO4/c1-28(2)39(51)53-23-9-7-21-41(22-8-10-24-54-40(52)29(3)4)37-18-6-5-17-35(37)36-20-19-34(27-38(36)41)50(32-15-11-13-30(25-32)42(44,45)46)33-16-12-14-31(26-33)43(47,48)49/h5-6,11-20,25-27,29H,1,7-10,21-24H2,2-4H3. The Morgan fingerprint density at radius 1 is 0.667 bits per heavy atom. The summed E-state index contributed by atoms with van der Waals surface area (Å²) in [6, 6.07) is 22.4. The van der Waals surface area contributed by atoms with Gasteiger partial charge in [0.1, 0.15) is 0 Å². The molecule has 1 aliphatic rings. The van der Waals surface area contributed by atoms with E-state index in [4.69, 9.17) is 9.47 Å². The lowest BCUT2D eigenvalue weighted by molar-refractivity contribution is -0.147. The van der Waals surface area contributed by atoms with E-state index in [0.29, 0.717) is 49.8 Å². The molecule has 286 valence electrons. The third-order valence-corrected chi connectivity index (χ3v) is 9.67. The van der Waals surface area contributed by atoms with E-state index < -0.39 is 34.9 Å². The number of fused-ring (bicyclic) bond motifs is 3. The first-order chi connectivity index (χ1) is 25.5. The van der Waals surface area contributed by atoms with Gasteiger partial charge in [0.2, 0.25) is 0 Å². The van der Waals surface area contributed by atoms with Crippen molar-refractivity contribution in [1.29, 1.82) is 0 Å². The van der Waals surface area contributed by atoms with Gasteiger partial charge < -0.3 is 14.4 Å². The maximum absolute atomic E-state index is 14.0. The van der Waals surface area contributed by atoms with Crippen LogP contribution in [0.5, 0.6) is 0 Å². The molecule has 0 spiro atoms. The van der Waals surface area contributed by atoms with Crippen LogP contribution in [0, 0.1) is 5.92 Å². The number of hydrogen-bond donors (Lipinski definition) is 0. The fraction of sp³-hybridized carbons (Fsp3) is 0.349. The van der Waals surface area contributed by atoms with Crippen molar-refractivity contribution in [3.63, 3.8) is 0 Å². The molecule has 0 fully saturated rings. The zero-order valence-corrected chi connectivity index (χ0v) is 30.4. The number of rotatable bonds is 15. The summed E-state index contributed by atoms with van der Waals surface area (Å²) in [6.07, 6.45) is -5.76. The van der Waals surface area contributed by atoms with Crippen molar-refractivity contribution in [3.8, 4) is 11.1 Å². The molecule has 1 atom stereocenters. The first kappa shape index (κ1) is 40.1. The third kappa shape index (κ3) is 9.00. The molecule has 0 bridgehead atoms. The van der Waals surface area contributed by atoms with Crippen LogP contribution in [0.15, 0.2) is 103 Å². The molecule has 5 nitrogen and oxygen atoms in total. The normalized spacial score (nSPS) is 15.1. The minimum absolute atomic E-state index is 0.0384. The van der Waals surface area contributed by atoms with E-state index in [1.807, 2.05) is 36.4 Å². The molecule has 0 N–H and O–H groups in total. The highest BCUT2D eigenvalue weighted by Crippen LogP contribution is 2.55. The van der Waals surface area contributed by atoms with E-state index in [0.717, 1.165) is 46.5 Å². The van der Waals surface area contributed by atoms with Crippen molar-refractivity contribution in [2.45, 2.75) is 77.1 Å². The third-order valence-electron chi connectivity index (χ3n) is 9.67. The van der Waals surface area contributed by atoms with Crippen molar-refractivity contribution in [1.82, 2.24) is 0 Å². The Morgan fingerprint density at radius 2 is 1.19 bits per heavy atom. The predicted molar refractivity (Wildman–Crippen MR) is 197 cm³/mol. The van der Waals surface area contributed by atoms with Crippen molar-refractivity contribution in [2.24, 2.45) is 5.92 Å². The number of carbonyl (C=O) groups is 2. The highest BCUT2D eigenvalue weighted by Gasteiger charge is 2.43. The van der Waals surface area contributed by atoms with Crippen LogP contribution in [0.2, 0.25) is 0 Å². The van der Waals surface area contributed by atoms with Crippen LogP contribution in [0.1, 0.15) is 81.5 Å². The fourth-order valence-electron chi connectivity index (χ4n) is 7.02.